The van der Waals surface area contributed by atoms with Crippen LogP contribution in [0.25, 0.3) is 6.08 Å². The molecule has 4 rings (SSSR count). The summed E-state index contributed by atoms with van der Waals surface area (Å²) >= 11 is 12.4. The minimum absolute atomic E-state index is 0.154. The normalized spacial score (nSPS) is 13.5. The second-order valence-corrected chi connectivity index (χ2v) is 7.82. The molecule has 0 radical (unpaired) electrons. The van der Waals surface area contributed by atoms with E-state index in [0.717, 1.165) is 0 Å². The van der Waals surface area contributed by atoms with Crippen molar-refractivity contribution in [2.75, 3.05) is 21.3 Å². The summed E-state index contributed by atoms with van der Waals surface area (Å²) in [6.07, 6.45) is 1.60. The summed E-state index contributed by atoms with van der Waals surface area (Å²) in [4.78, 5) is 12.9. The summed E-state index contributed by atoms with van der Waals surface area (Å²) in [6, 6.07) is 13.8. The van der Waals surface area contributed by atoms with Gasteiger partial charge in [-0.05, 0) is 42.5 Å². The van der Waals surface area contributed by atoms with Gasteiger partial charge in [0.2, 0.25) is 11.5 Å². The Kier molecular flexibility index (Phi) is 6.67. The predicted molar refractivity (Wildman–Crippen MR) is 126 cm³/mol. The lowest BCUT2D eigenvalue weighted by molar-refractivity contribution is 0.101. The van der Waals surface area contributed by atoms with E-state index in [4.69, 9.17) is 46.9 Å². The Morgan fingerprint density at radius 3 is 2.30 bits per heavy atom. The zero-order valence-corrected chi connectivity index (χ0v) is 19.6. The zero-order valence-electron chi connectivity index (χ0n) is 18.1. The van der Waals surface area contributed by atoms with Crippen LogP contribution in [-0.4, -0.2) is 27.1 Å². The number of ether oxygens (including phenoxy) is 5. The molecule has 8 heteroatoms. The van der Waals surface area contributed by atoms with Crippen LogP contribution in [0.5, 0.6) is 28.7 Å². The molecule has 0 aromatic heterocycles. The molecule has 0 saturated heterocycles. The van der Waals surface area contributed by atoms with Gasteiger partial charge in [0.25, 0.3) is 0 Å². The van der Waals surface area contributed by atoms with Crippen molar-refractivity contribution in [2.45, 2.75) is 6.61 Å². The van der Waals surface area contributed by atoms with Crippen molar-refractivity contribution in [3.63, 3.8) is 0 Å². The molecule has 6 nitrogen and oxygen atoms in total. The fourth-order valence-corrected chi connectivity index (χ4v) is 3.97. The van der Waals surface area contributed by atoms with Crippen molar-refractivity contribution >= 4 is 35.1 Å². The van der Waals surface area contributed by atoms with Gasteiger partial charge in [0.05, 0.1) is 26.9 Å². The molecular formula is C25H20Cl2O6. The molecule has 3 aromatic rings. The first kappa shape index (κ1) is 22.8. The lowest BCUT2D eigenvalue weighted by Gasteiger charge is -2.14. The van der Waals surface area contributed by atoms with E-state index in [2.05, 4.69) is 0 Å². The van der Waals surface area contributed by atoms with Crippen molar-refractivity contribution < 1.29 is 28.5 Å². The molecule has 1 aliphatic heterocycles. The average molecular weight is 487 g/mol. The number of hydrogen-bond acceptors (Lipinski definition) is 6. The highest BCUT2D eigenvalue weighted by atomic mass is 35.5. The fourth-order valence-electron chi connectivity index (χ4n) is 3.46. The summed E-state index contributed by atoms with van der Waals surface area (Å²) in [6.45, 7) is 0.177. The van der Waals surface area contributed by atoms with Gasteiger partial charge in [-0.2, -0.15) is 0 Å². The standard InChI is InChI=1S/C25H20Cl2O6/c1-29-20-10-7-14(24(30-2)25(20)31-3)11-22-23(28)16-9-8-15(12-21(16)33-22)32-13-17-18(26)5-4-6-19(17)27/h4-12H,13H2,1-3H3/b22-11-. The monoisotopic (exact) mass is 486 g/mol. The third kappa shape index (κ3) is 4.45. The fraction of sp³-hybridized carbons (Fsp3) is 0.160. The number of allylic oxidation sites excluding steroid dienone is 1. The number of ketones is 1. The van der Waals surface area contributed by atoms with Gasteiger partial charge in [-0.25, -0.2) is 0 Å². The third-order valence-corrected chi connectivity index (χ3v) is 5.82. The maximum absolute atomic E-state index is 12.9. The van der Waals surface area contributed by atoms with Crippen molar-refractivity contribution in [2.24, 2.45) is 0 Å². The predicted octanol–water partition coefficient (Wildman–Crippen LogP) is 6.21. The van der Waals surface area contributed by atoms with Gasteiger partial charge in [0.1, 0.15) is 18.1 Å². The molecule has 0 amide bonds. The molecular weight excluding hydrogens is 467 g/mol. The number of carbonyl (C=O) groups excluding carboxylic acids is 1. The number of carbonyl (C=O) groups is 1. The Hall–Kier alpha value is -3.35. The highest BCUT2D eigenvalue weighted by molar-refractivity contribution is 6.35. The Morgan fingerprint density at radius 2 is 1.64 bits per heavy atom. The maximum atomic E-state index is 12.9. The van der Waals surface area contributed by atoms with E-state index in [1.807, 2.05) is 0 Å². The molecule has 33 heavy (non-hydrogen) atoms. The summed E-state index contributed by atoms with van der Waals surface area (Å²) in [5.74, 6) is 2.18. The summed E-state index contributed by atoms with van der Waals surface area (Å²) in [5.41, 5.74) is 1.72. The molecule has 1 heterocycles. The second kappa shape index (κ2) is 9.65. The topological polar surface area (TPSA) is 63.2 Å². The molecule has 0 bridgehead atoms. The minimum Gasteiger partial charge on any atom is -0.493 e. The van der Waals surface area contributed by atoms with Crippen molar-refractivity contribution in [1.82, 2.24) is 0 Å². The average Bonchev–Trinajstić information content (AvgIpc) is 3.12. The van der Waals surface area contributed by atoms with E-state index in [1.54, 1.807) is 54.6 Å². The summed E-state index contributed by atoms with van der Waals surface area (Å²) < 4.78 is 27.9. The van der Waals surface area contributed by atoms with E-state index in [0.29, 0.717) is 55.5 Å². The van der Waals surface area contributed by atoms with Gasteiger partial charge in [-0.15, -0.1) is 0 Å². The van der Waals surface area contributed by atoms with Gasteiger partial charge in [-0.1, -0.05) is 29.3 Å². The van der Waals surface area contributed by atoms with Crippen LogP contribution >= 0.6 is 23.2 Å². The van der Waals surface area contributed by atoms with Gasteiger partial charge in [0.15, 0.2) is 17.3 Å². The lowest BCUT2D eigenvalue weighted by Crippen LogP contribution is -2.00. The number of rotatable bonds is 7. The van der Waals surface area contributed by atoms with Crippen LogP contribution in [0.1, 0.15) is 21.5 Å². The molecule has 0 unspecified atom stereocenters. The van der Waals surface area contributed by atoms with E-state index in [1.165, 1.54) is 21.3 Å². The smallest absolute Gasteiger partial charge is 0.231 e. The molecule has 0 spiro atoms. The first-order valence-electron chi connectivity index (χ1n) is 9.89. The van der Waals surface area contributed by atoms with Crippen LogP contribution < -0.4 is 23.7 Å². The quantitative estimate of drug-likeness (QED) is 0.369. The van der Waals surface area contributed by atoms with Crippen molar-refractivity contribution in [3.05, 3.63) is 81.0 Å². The number of halogens is 2. The molecule has 1 aliphatic rings. The third-order valence-electron chi connectivity index (χ3n) is 5.11. The Balaban J connectivity index is 1.59. The van der Waals surface area contributed by atoms with Crippen LogP contribution in [0.15, 0.2) is 54.3 Å². The zero-order chi connectivity index (χ0) is 23.5. The summed E-state index contributed by atoms with van der Waals surface area (Å²) in [5, 5.41) is 1.04. The SMILES string of the molecule is COc1ccc(/C=C2\Oc3cc(OCc4c(Cl)cccc4Cl)ccc3C2=O)c(OC)c1OC. The number of fused-ring (bicyclic) bond motifs is 1. The minimum atomic E-state index is -0.248. The maximum Gasteiger partial charge on any atom is 0.231 e. The van der Waals surface area contributed by atoms with Gasteiger partial charge >= 0.3 is 0 Å². The molecule has 0 aliphatic carbocycles. The Labute approximate surface area is 201 Å². The van der Waals surface area contributed by atoms with Crippen LogP contribution in [0, 0.1) is 0 Å². The molecule has 3 aromatic carbocycles. The van der Waals surface area contributed by atoms with Gasteiger partial charge < -0.3 is 23.7 Å². The molecule has 0 atom stereocenters. The Bertz CT molecular complexity index is 1230. The molecule has 0 N–H and O–H groups in total. The molecule has 170 valence electrons. The summed E-state index contributed by atoms with van der Waals surface area (Å²) in [7, 11) is 4.57. The second-order valence-electron chi connectivity index (χ2n) is 7.01. The highest BCUT2D eigenvalue weighted by Crippen LogP contribution is 2.42. The first-order chi connectivity index (χ1) is 16.0. The van der Waals surface area contributed by atoms with E-state index >= 15 is 0 Å². The largest absolute Gasteiger partial charge is 0.493 e. The van der Waals surface area contributed by atoms with Crippen molar-refractivity contribution in [1.29, 1.82) is 0 Å². The van der Waals surface area contributed by atoms with Crippen LogP contribution in [0.4, 0.5) is 0 Å². The molecule has 0 fully saturated rings. The van der Waals surface area contributed by atoms with E-state index in [9.17, 15) is 4.79 Å². The molecule has 0 saturated carbocycles. The number of benzene rings is 3. The van der Waals surface area contributed by atoms with Crippen LogP contribution in [0.2, 0.25) is 10.0 Å². The number of methoxy groups -OCH3 is 3. The van der Waals surface area contributed by atoms with Gasteiger partial charge in [-0.3, -0.25) is 4.79 Å². The number of Topliss-reactive ketones (excluding diaryl/α,β-unsaturated/α-hetero) is 1. The van der Waals surface area contributed by atoms with Crippen LogP contribution in [-0.2, 0) is 6.61 Å². The van der Waals surface area contributed by atoms with E-state index in [-0.39, 0.29) is 18.1 Å². The van der Waals surface area contributed by atoms with Crippen LogP contribution in [0.3, 0.4) is 0 Å². The lowest BCUT2D eigenvalue weighted by atomic mass is 10.1. The number of hydrogen-bond donors (Lipinski definition) is 0. The van der Waals surface area contributed by atoms with E-state index < -0.39 is 0 Å². The van der Waals surface area contributed by atoms with Gasteiger partial charge in [0, 0.05) is 27.2 Å². The Morgan fingerprint density at radius 1 is 0.909 bits per heavy atom. The van der Waals surface area contributed by atoms with Crippen molar-refractivity contribution in [3.8, 4) is 28.7 Å². The first-order valence-corrected chi connectivity index (χ1v) is 10.6. The highest BCUT2D eigenvalue weighted by Gasteiger charge is 2.28.